The number of fused-ring (bicyclic) bond motifs is 1. The summed E-state index contributed by atoms with van der Waals surface area (Å²) in [6.45, 7) is 2.19. The Kier molecular flexibility index (Phi) is 5.01. The Labute approximate surface area is 145 Å². The normalized spacial score (nSPS) is 12.1. The molecule has 5 nitrogen and oxygen atoms in total. The van der Waals surface area contributed by atoms with Gasteiger partial charge in [-0.05, 0) is 37.3 Å². The van der Waals surface area contributed by atoms with E-state index in [4.69, 9.17) is 16.3 Å². The zero-order valence-corrected chi connectivity index (χ0v) is 14.0. The predicted octanol–water partition coefficient (Wildman–Crippen LogP) is 3.34. The minimum atomic E-state index is -0.598. The van der Waals surface area contributed by atoms with Crippen molar-refractivity contribution in [1.82, 2.24) is 15.3 Å². The molecule has 1 aromatic heterocycles. The second-order valence-corrected chi connectivity index (χ2v) is 5.90. The maximum atomic E-state index is 12.1. The topological polar surface area (TPSA) is 67.0 Å². The SMILES string of the molecule is CC(Oc1cccc(Cl)c1)C(=O)NCCc1nc2ccccc2[nH]1. The molecule has 0 aliphatic carbocycles. The second kappa shape index (κ2) is 7.36. The van der Waals surface area contributed by atoms with Gasteiger partial charge in [0.25, 0.3) is 5.91 Å². The van der Waals surface area contributed by atoms with Crippen LogP contribution in [0.4, 0.5) is 0 Å². The molecule has 2 aromatic carbocycles. The molecule has 3 aromatic rings. The third-order valence-electron chi connectivity index (χ3n) is 3.58. The summed E-state index contributed by atoms with van der Waals surface area (Å²) in [5.74, 6) is 1.24. The van der Waals surface area contributed by atoms with Crippen LogP contribution in [-0.4, -0.2) is 28.5 Å². The van der Waals surface area contributed by atoms with Gasteiger partial charge in [-0.1, -0.05) is 29.8 Å². The van der Waals surface area contributed by atoms with Crippen molar-refractivity contribution in [2.24, 2.45) is 0 Å². The number of hydrogen-bond acceptors (Lipinski definition) is 3. The minimum Gasteiger partial charge on any atom is -0.481 e. The quantitative estimate of drug-likeness (QED) is 0.721. The van der Waals surface area contributed by atoms with Gasteiger partial charge >= 0.3 is 0 Å². The van der Waals surface area contributed by atoms with Crippen LogP contribution >= 0.6 is 11.6 Å². The maximum Gasteiger partial charge on any atom is 0.260 e. The van der Waals surface area contributed by atoms with Crippen LogP contribution in [0.5, 0.6) is 5.75 Å². The molecule has 0 saturated carbocycles. The summed E-state index contributed by atoms with van der Waals surface area (Å²) in [6.07, 6.45) is 0.0313. The van der Waals surface area contributed by atoms with E-state index in [9.17, 15) is 4.79 Å². The van der Waals surface area contributed by atoms with Crippen molar-refractivity contribution < 1.29 is 9.53 Å². The van der Waals surface area contributed by atoms with Gasteiger partial charge in [-0.3, -0.25) is 4.79 Å². The number of hydrogen-bond donors (Lipinski definition) is 2. The molecule has 0 bridgehead atoms. The summed E-state index contributed by atoms with van der Waals surface area (Å²) in [5, 5.41) is 3.43. The average Bonchev–Trinajstić information content (AvgIpc) is 2.97. The van der Waals surface area contributed by atoms with Gasteiger partial charge in [0.2, 0.25) is 0 Å². The van der Waals surface area contributed by atoms with E-state index in [2.05, 4.69) is 15.3 Å². The summed E-state index contributed by atoms with van der Waals surface area (Å²) in [4.78, 5) is 19.8. The van der Waals surface area contributed by atoms with Crippen molar-refractivity contribution in [3.8, 4) is 5.75 Å². The molecule has 24 heavy (non-hydrogen) atoms. The minimum absolute atomic E-state index is 0.175. The maximum absolute atomic E-state index is 12.1. The van der Waals surface area contributed by atoms with Crippen molar-refractivity contribution in [3.05, 3.63) is 59.4 Å². The van der Waals surface area contributed by atoms with Gasteiger partial charge in [0.15, 0.2) is 6.10 Å². The highest BCUT2D eigenvalue weighted by atomic mass is 35.5. The van der Waals surface area contributed by atoms with Gasteiger partial charge < -0.3 is 15.0 Å². The van der Waals surface area contributed by atoms with Crippen LogP contribution in [0.15, 0.2) is 48.5 Å². The largest absolute Gasteiger partial charge is 0.481 e. The Morgan fingerprint density at radius 2 is 2.12 bits per heavy atom. The molecule has 1 atom stereocenters. The van der Waals surface area contributed by atoms with Gasteiger partial charge in [-0.2, -0.15) is 0 Å². The number of imidazole rings is 1. The number of rotatable bonds is 6. The smallest absolute Gasteiger partial charge is 0.260 e. The van der Waals surface area contributed by atoms with Crippen molar-refractivity contribution >= 4 is 28.5 Å². The molecule has 124 valence electrons. The lowest BCUT2D eigenvalue weighted by atomic mass is 10.3. The molecule has 2 N–H and O–H groups in total. The summed E-state index contributed by atoms with van der Waals surface area (Å²) in [6, 6.07) is 14.8. The molecule has 1 unspecified atom stereocenters. The van der Waals surface area contributed by atoms with E-state index in [1.807, 2.05) is 24.3 Å². The van der Waals surface area contributed by atoms with Crippen LogP contribution in [0.2, 0.25) is 5.02 Å². The highest BCUT2D eigenvalue weighted by Gasteiger charge is 2.14. The average molecular weight is 344 g/mol. The van der Waals surface area contributed by atoms with Crippen LogP contribution in [-0.2, 0) is 11.2 Å². The number of benzene rings is 2. The first kappa shape index (κ1) is 16.3. The van der Waals surface area contributed by atoms with E-state index in [0.717, 1.165) is 16.9 Å². The fourth-order valence-electron chi connectivity index (χ4n) is 2.37. The number of nitrogens with one attached hydrogen (secondary N) is 2. The van der Waals surface area contributed by atoms with Crippen LogP contribution in [0.3, 0.4) is 0 Å². The molecule has 0 aliphatic heterocycles. The number of H-pyrrole nitrogens is 1. The molecular weight excluding hydrogens is 326 g/mol. The number of para-hydroxylation sites is 2. The lowest BCUT2D eigenvalue weighted by molar-refractivity contribution is -0.127. The van der Waals surface area contributed by atoms with E-state index in [1.54, 1.807) is 31.2 Å². The van der Waals surface area contributed by atoms with E-state index in [0.29, 0.717) is 23.7 Å². The Morgan fingerprint density at radius 3 is 2.92 bits per heavy atom. The van der Waals surface area contributed by atoms with Gasteiger partial charge in [0.1, 0.15) is 11.6 Å². The van der Waals surface area contributed by atoms with Crippen LogP contribution in [0.25, 0.3) is 11.0 Å². The Bertz CT molecular complexity index is 814. The number of aromatic nitrogens is 2. The van der Waals surface area contributed by atoms with E-state index < -0.39 is 6.10 Å². The van der Waals surface area contributed by atoms with Crippen LogP contribution in [0, 0.1) is 0 Å². The summed E-state index contributed by atoms with van der Waals surface area (Å²) in [7, 11) is 0. The van der Waals surface area contributed by atoms with Gasteiger partial charge in [-0.25, -0.2) is 4.98 Å². The first-order valence-electron chi connectivity index (χ1n) is 7.75. The Balaban J connectivity index is 1.49. The zero-order valence-electron chi connectivity index (χ0n) is 13.3. The predicted molar refractivity (Wildman–Crippen MR) is 94.3 cm³/mol. The molecule has 1 amide bonds. The highest BCUT2D eigenvalue weighted by molar-refractivity contribution is 6.30. The molecule has 0 radical (unpaired) electrons. The van der Waals surface area contributed by atoms with Crippen molar-refractivity contribution in [1.29, 1.82) is 0 Å². The standard InChI is InChI=1S/C18H18ClN3O2/c1-12(24-14-6-4-5-13(19)11-14)18(23)20-10-9-17-21-15-7-2-3-8-16(15)22-17/h2-8,11-12H,9-10H2,1H3,(H,20,23)(H,21,22). The molecule has 0 spiro atoms. The second-order valence-electron chi connectivity index (χ2n) is 5.46. The van der Waals surface area contributed by atoms with Crippen molar-refractivity contribution in [2.75, 3.05) is 6.54 Å². The molecule has 1 heterocycles. The number of carbonyl (C=O) groups excluding carboxylic acids is 1. The highest BCUT2D eigenvalue weighted by Crippen LogP contribution is 2.18. The molecule has 0 fully saturated rings. The van der Waals surface area contributed by atoms with E-state index in [-0.39, 0.29) is 5.91 Å². The molecule has 6 heteroatoms. The fourth-order valence-corrected chi connectivity index (χ4v) is 2.55. The number of ether oxygens (including phenoxy) is 1. The number of halogens is 1. The van der Waals surface area contributed by atoms with E-state index >= 15 is 0 Å². The van der Waals surface area contributed by atoms with Gasteiger partial charge in [0, 0.05) is 18.0 Å². The lowest BCUT2D eigenvalue weighted by Crippen LogP contribution is -2.37. The monoisotopic (exact) mass is 343 g/mol. The van der Waals surface area contributed by atoms with Crippen molar-refractivity contribution in [2.45, 2.75) is 19.4 Å². The zero-order chi connectivity index (χ0) is 16.9. The molecule has 0 saturated heterocycles. The van der Waals surface area contributed by atoms with Crippen LogP contribution in [0.1, 0.15) is 12.7 Å². The first-order valence-corrected chi connectivity index (χ1v) is 8.13. The number of aromatic amines is 1. The Morgan fingerprint density at radius 1 is 1.29 bits per heavy atom. The molecule has 3 rings (SSSR count). The van der Waals surface area contributed by atoms with E-state index in [1.165, 1.54) is 0 Å². The third-order valence-corrected chi connectivity index (χ3v) is 3.81. The lowest BCUT2D eigenvalue weighted by Gasteiger charge is -2.14. The molecule has 0 aliphatic rings. The summed E-state index contributed by atoms with van der Waals surface area (Å²) < 4.78 is 5.59. The number of amides is 1. The molecular formula is C18H18ClN3O2. The third kappa shape index (κ3) is 4.06. The summed E-state index contributed by atoms with van der Waals surface area (Å²) >= 11 is 5.90. The van der Waals surface area contributed by atoms with Crippen LogP contribution < -0.4 is 10.1 Å². The fraction of sp³-hybridized carbons (Fsp3) is 0.222. The van der Waals surface area contributed by atoms with Gasteiger partial charge in [0.05, 0.1) is 11.0 Å². The summed E-state index contributed by atoms with van der Waals surface area (Å²) in [5.41, 5.74) is 1.92. The number of carbonyl (C=O) groups is 1. The number of nitrogens with zero attached hydrogens (tertiary/aromatic N) is 1. The Hall–Kier alpha value is -2.53. The first-order chi connectivity index (χ1) is 11.6. The van der Waals surface area contributed by atoms with Crippen molar-refractivity contribution in [3.63, 3.8) is 0 Å². The van der Waals surface area contributed by atoms with Gasteiger partial charge in [-0.15, -0.1) is 0 Å².